The normalized spacial score (nSPS) is 11.0. The van der Waals surface area contributed by atoms with Gasteiger partial charge in [-0.3, -0.25) is 4.98 Å². The number of aromatic nitrogens is 1. The summed E-state index contributed by atoms with van der Waals surface area (Å²) in [5, 5.41) is 19.8. The number of nitrogens with zero attached hydrogens (tertiary/aromatic N) is 2. The fourth-order valence-corrected chi connectivity index (χ4v) is 3.46. The molecule has 0 aliphatic heterocycles. The van der Waals surface area contributed by atoms with E-state index in [2.05, 4.69) is 4.98 Å². The van der Waals surface area contributed by atoms with Crippen LogP contribution >= 0.6 is 23.2 Å². The van der Waals surface area contributed by atoms with Gasteiger partial charge in [-0.25, -0.2) is 0 Å². The lowest BCUT2D eigenvalue weighted by molar-refractivity contribution is -0.0494. The van der Waals surface area contributed by atoms with E-state index in [-0.39, 0.29) is 33.8 Å². The number of aromatic hydroxyl groups is 1. The Morgan fingerprint density at radius 2 is 1.96 bits per heavy atom. The Hall–Kier alpha value is -2.62. The topological polar surface area (TPSA) is 66.1 Å². The standard InChI is InChI=1S/C20H14Cl2F2N2O2/c1-2-15-12(8-11-4-3-10(9-25)7-14(11)22)19(28-20(23)24)17-16(27)6-5-13(21)18(17)26-15/h3-7,20,27H,2,8H2,1H3. The molecular formula is C20H14Cl2F2N2O2. The van der Waals surface area contributed by atoms with Crippen molar-refractivity contribution < 1.29 is 18.6 Å². The molecule has 4 nitrogen and oxygen atoms in total. The van der Waals surface area contributed by atoms with E-state index < -0.39 is 6.61 Å². The van der Waals surface area contributed by atoms with Crippen molar-refractivity contribution in [1.82, 2.24) is 4.98 Å². The zero-order valence-corrected chi connectivity index (χ0v) is 16.2. The van der Waals surface area contributed by atoms with Gasteiger partial charge in [-0.05, 0) is 36.2 Å². The Morgan fingerprint density at radius 1 is 1.21 bits per heavy atom. The molecule has 2 aromatic carbocycles. The van der Waals surface area contributed by atoms with Crippen LogP contribution in [0.3, 0.4) is 0 Å². The lowest BCUT2D eigenvalue weighted by Gasteiger charge is -2.18. The predicted molar refractivity (Wildman–Crippen MR) is 103 cm³/mol. The first-order valence-corrected chi connectivity index (χ1v) is 9.07. The second kappa shape index (κ2) is 8.17. The second-order valence-corrected chi connectivity index (χ2v) is 6.80. The van der Waals surface area contributed by atoms with E-state index in [9.17, 15) is 13.9 Å². The number of phenolic OH excluding ortho intramolecular Hbond substituents is 1. The van der Waals surface area contributed by atoms with Crippen molar-refractivity contribution in [2.75, 3.05) is 0 Å². The van der Waals surface area contributed by atoms with Crippen molar-refractivity contribution >= 4 is 34.1 Å². The summed E-state index contributed by atoms with van der Waals surface area (Å²) in [6.45, 7) is -1.29. The monoisotopic (exact) mass is 422 g/mol. The molecule has 144 valence electrons. The number of phenols is 1. The molecule has 0 aliphatic rings. The van der Waals surface area contributed by atoms with E-state index in [4.69, 9.17) is 33.2 Å². The highest BCUT2D eigenvalue weighted by molar-refractivity contribution is 6.35. The van der Waals surface area contributed by atoms with Crippen molar-refractivity contribution in [3.8, 4) is 17.6 Å². The average molecular weight is 423 g/mol. The van der Waals surface area contributed by atoms with E-state index in [1.807, 2.05) is 13.0 Å². The molecule has 8 heteroatoms. The number of pyridine rings is 1. The van der Waals surface area contributed by atoms with E-state index >= 15 is 0 Å². The molecule has 0 unspecified atom stereocenters. The maximum absolute atomic E-state index is 13.2. The molecule has 1 heterocycles. The third kappa shape index (κ3) is 3.82. The third-order valence-electron chi connectivity index (χ3n) is 4.29. The highest BCUT2D eigenvalue weighted by Crippen LogP contribution is 2.41. The van der Waals surface area contributed by atoms with Gasteiger partial charge in [0.25, 0.3) is 0 Å². The maximum atomic E-state index is 13.2. The van der Waals surface area contributed by atoms with Crippen molar-refractivity contribution in [1.29, 1.82) is 5.26 Å². The van der Waals surface area contributed by atoms with Crippen LogP contribution < -0.4 is 4.74 Å². The van der Waals surface area contributed by atoms with Crippen LogP contribution in [-0.2, 0) is 12.8 Å². The van der Waals surface area contributed by atoms with Crippen molar-refractivity contribution in [3.05, 3.63) is 62.8 Å². The van der Waals surface area contributed by atoms with Crippen LogP contribution in [0.1, 0.15) is 29.3 Å². The highest BCUT2D eigenvalue weighted by Gasteiger charge is 2.23. The zero-order valence-electron chi connectivity index (χ0n) is 14.6. The summed E-state index contributed by atoms with van der Waals surface area (Å²) in [7, 11) is 0. The minimum absolute atomic E-state index is 0.0183. The number of hydrogen-bond donors (Lipinski definition) is 1. The van der Waals surface area contributed by atoms with Crippen LogP contribution in [0.5, 0.6) is 11.5 Å². The Labute approximate surface area is 169 Å². The van der Waals surface area contributed by atoms with Gasteiger partial charge in [-0.2, -0.15) is 14.0 Å². The quantitative estimate of drug-likeness (QED) is 0.557. The lowest BCUT2D eigenvalue weighted by Crippen LogP contribution is -2.09. The number of benzene rings is 2. The van der Waals surface area contributed by atoms with Crippen LogP contribution in [0, 0.1) is 11.3 Å². The molecule has 0 atom stereocenters. The number of rotatable bonds is 5. The minimum Gasteiger partial charge on any atom is -0.507 e. The summed E-state index contributed by atoms with van der Waals surface area (Å²) in [5.41, 5.74) is 2.05. The van der Waals surface area contributed by atoms with Gasteiger partial charge in [0.15, 0.2) is 0 Å². The number of alkyl halides is 2. The van der Waals surface area contributed by atoms with Crippen LogP contribution in [0.2, 0.25) is 10.0 Å². The number of fused-ring (bicyclic) bond motifs is 1. The molecule has 0 saturated heterocycles. The molecule has 1 aromatic heterocycles. The molecule has 0 spiro atoms. The first-order chi connectivity index (χ1) is 13.3. The van der Waals surface area contributed by atoms with E-state index in [1.54, 1.807) is 12.1 Å². The van der Waals surface area contributed by atoms with Crippen LogP contribution in [0.25, 0.3) is 10.9 Å². The number of ether oxygens (including phenoxy) is 1. The maximum Gasteiger partial charge on any atom is 0.387 e. The molecule has 0 fully saturated rings. The Morgan fingerprint density at radius 3 is 2.57 bits per heavy atom. The largest absolute Gasteiger partial charge is 0.507 e. The molecule has 3 aromatic rings. The first-order valence-electron chi connectivity index (χ1n) is 8.32. The Balaban J connectivity index is 2.28. The summed E-state index contributed by atoms with van der Waals surface area (Å²) < 4.78 is 31.2. The fourth-order valence-electron chi connectivity index (χ4n) is 3.02. The molecule has 3 rings (SSSR count). The molecule has 0 radical (unpaired) electrons. The lowest BCUT2D eigenvalue weighted by atomic mass is 9.97. The molecule has 1 N–H and O–H groups in total. The molecular weight excluding hydrogens is 409 g/mol. The van der Waals surface area contributed by atoms with Gasteiger partial charge in [-0.15, -0.1) is 0 Å². The number of nitriles is 1. The minimum atomic E-state index is -3.11. The average Bonchev–Trinajstić information content (AvgIpc) is 2.66. The molecule has 0 aliphatic carbocycles. The SMILES string of the molecule is CCc1nc2c(Cl)ccc(O)c2c(OC(F)F)c1Cc1ccc(C#N)cc1Cl. The summed E-state index contributed by atoms with van der Waals surface area (Å²) in [4.78, 5) is 4.47. The fraction of sp³-hybridized carbons (Fsp3) is 0.200. The van der Waals surface area contributed by atoms with Gasteiger partial charge < -0.3 is 9.84 Å². The van der Waals surface area contributed by atoms with Crippen LogP contribution in [-0.4, -0.2) is 16.7 Å². The van der Waals surface area contributed by atoms with E-state index in [0.717, 1.165) is 0 Å². The van der Waals surface area contributed by atoms with E-state index in [1.165, 1.54) is 18.2 Å². The molecule has 0 bridgehead atoms. The van der Waals surface area contributed by atoms with Crippen LogP contribution in [0.15, 0.2) is 30.3 Å². The summed E-state index contributed by atoms with van der Waals surface area (Å²) >= 11 is 12.4. The molecule has 0 saturated carbocycles. The number of aryl methyl sites for hydroxylation is 1. The predicted octanol–water partition coefficient (Wildman–Crippen LogP) is 5.87. The van der Waals surface area contributed by atoms with Gasteiger partial charge in [0.2, 0.25) is 0 Å². The molecule has 28 heavy (non-hydrogen) atoms. The van der Waals surface area contributed by atoms with Gasteiger partial charge in [-0.1, -0.05) is 36.2 Å². The van der Waals surface area contributed by atoms with Crippen LogP contribution in [0.4, 0.5) is 8.78 Å². The Bertz CT molecular complexity index is 1100. The zero-order chi connectivity index (χ0) is 20.4. The van der Waals surface area contributed by atoms with Gasteiger partial charge in [0.05, 0.1) is 27.6 Å². The Kier molecular flexibility index (Phi) is 5.87. The number of hydrogen-bond acceptors (Lipinski definition) is 4. The van der Waals surface area contributed by atoms with Gasteiger partial charge in [0, 0.05) is 22.7 Å². The first kappa shape index (κ1) is 20.1. The second-order valence-electron chi connectivity index (χ2n) is 5.98. The van der Waals surface area contributed by atoms with Gasteiger partial charge in [0.1, 0.15) is 11.5 Å². The summed E-state index contributed by atoms with van der Waals surface area (Å²) in [6.07, 6.45) is 0.551. The third-order valence-corrected chi connectivity index (χ3v) is 4.95. The van der Waals surface area contributed by atoms with Gasteiger partial charge >= 0.3 is 6.61 Å². The summed E-state index contributed by atoms with van der Waals surface area (Å²) in [6, 6.07) is 9.46. The van der Waals surface area contributed by atoms with Crippen molar-refractivity contribution in [2.45, 2.75) is 26.4 Å². The van der Waals surface area contributed by atoms with E-state index in [0.29, 0.717) is 33.8 Å². The number of halogens is 4. The van der Waals surface area contributed by atoms with Crippen molar-refractivity contribution in [3.63, 3.8) is 0 Å². The highest BCUT2D eigenvalue weighted by atomic mass is 35.5. The molecule has 0 amide bonds. The van der Waals surface area contributed by atoms with Crippen molar-refractivity contribution in [2.24, 2.45) is 0 Å². The summed E-state index contributed by atoms with van der Waals surface area (Å²) in [5.74, 6) is -0.449. The smallest absolute Gasteiger partial charge is 0.387 e.